The standard InChI is InChI=1S/C33H29N3O4/c1-19-5-6-22-15-29(23-7-8-28(34-17-23)33(38)39-4)35-18-27(22)31(19)26-14-24(21-9-11-40-12-10-21)16-30-25(26)13-20(2)32(37)36(30)3/h5-9,13-18H,10-12H2,1-4H3. The van der Waals surface area contributed by atoms with Crippen molar-refractivity contribution in [3.05, 3.63) is 99.7 Å². The summed E-state index contributed by atoms with van der Waals surface area (Å²) >= 11 is 0. The summed E-state index contributed by atoms with van der Waals surface area (Å²) in [6.45, 7) is 5.25. The molecule has 200 valence electrons. The second-order valence-corrected chi connectivity index (χ2v) is 10.2. The number of nitrogens with zero attached hydrogens (tertiary/aromatic N) is 3. The van der Waals surface area contributed by atoms with Gasteiger partial charge in [-0.15, -0.1) is 0 Å². The quantitative estimate of drug-likeness (QED) is 0.264. The van der Waals surface area contributed by atoms with Crippen LogP contribution in [0.25, 0.3) is 49.6 Å². The summed E-state index contributed by atoms with van der Waals surface area (Å²) in [6, 6.07) is 16.1. The van der Waals surface area contributed by atoms with Crippen LogP contribution < -0.4 is 5.56 Å². The number of fused-ring (bicyclic) bond motifs is 2. The van der Waals surface area contributed by atoms with Crippen LogP contribution in [0.15, 0.2) is 71.8 Å². The number of aryl methyl sites for hydroxylation is 3. The number of pyridine rings is 3. The van der Waals surface area contributed by atoms with Gasteiger partial charge in [0, 0.05) is 41.3 Å². The van der Waals surface area contributed by atoms with Crippen LogP contribution in [0.4, 0.5) is 0 Å². The number of aromatic nitrogens is 3. The monoisotopic (exact) mass is 531 g/mol. The Morgan fingerprint density at radius 2 is 1.80 bits per heavy atom. The van der Waals surface area contributed by atoms with Crippen molar-refractivity contribution in [1.82, 2.24) is 14.5 Å². The number of methoxy groups -OCH3 is 1. The van der Waals surface area contributed by atoms with E-state index in [-0.39, 0.29) is 11.3 Å². The molecular formula is C33H29N3O4. The summed E-state index contributed by atoms with van der Waals surface area (Å²) in [5, 5.41) is 3.08. The minimum absolute atomic E-state index is 0.00401. The van der Waals surface area contributed by atoms with E-state index in [0.717, 1.165) is 61.6 Å². The Kier molecular flexibility index (Phi) is 6.52. The van der Waals surface area contributed by atoms with E-state index in [0.29, 0.717) is 18.8 Å². The number of benzene rings is 2. The number of hydrogen-bond donors (Lipinski definition) is 0. The van der Waals surface area contributed by atoms with Gasteiger partial charge >= 0.3 is 5.97 Å². The summed E-state index contributed by atoms with van der Waals surface area (Å²) in [6.07, 6.45) is 6.50. The highest BCUT2D eigenvalue weighted by Crippen LogP contribution is 2.39. The molecule has 0 saturated carbocycles. The first kappa shape index (κ1) is 25.6. The van der Waals surface area contributed by atoms with Crippen LogP contribution in [0.3, 0.4) is 0 Å². The van der Waals surface area contributed by atoms with Crippen molar-refractivity contribution in [2.24, 2.45) is 7.05 Å². The topological polar surface area (TPSA) is 83.3 Å². The van der Waals surface area contributed by atoms with Gasteiger partial charge in [0.05, 0.1) is 31.5 Å². The highest BCUT2D eigenvalue weighted by Gasteiger charge is 2.18. The fourth-order valence-electron chi connectivity index (χ4n) is 5.52. The molecule has 0 atom stereocenters. The molecule has 0 fully saturated rings. The van der Waals surface area contributed by atoms with Crippen LogP contribution in [0.2, 0.25) is 0 Å². The summed E-state index contributed by atoms with van der Waals surface area (Å²) in [5.74, 6) is -0.475. The molecule has 7 nitrogen and oxygen atoms in total. The minimum Gasteiger partial charge on any atom is -0.464 e. The smallest absolute Gasteiger partial charge is 0.356 e. The van der Waals surface area contributed by atoms with Crippen molar-refractivity contribution in [2.75, 3.05) is 20.3 Å². The molecule has 1 aliphatic heterocycles. The summed E-state index contributed by atoms with van der Waals surface area (Å²) < 4.78 is 12.1. The number of esters is 1. The average Bonchev–Trinajstić information content (AvgIpc) is 2.99. The van der Waals surface area contributed by atoms with Gasteiger partial charge in [0.2, 0.25) is 0 Å². The first-order valence-electron chi connectivity index (χ1n) is 13.2. The average molecular weight is 532 g/mol. The highest BCUT2D eigenvalue weighted by atomic mass is 16.5. The van der Waals surface area contributed by atoms with Crippen molar-refractivity contribution in [3.63, 3.8) is 0 Å². The van der Waals surface area contributed by atoms with Gasteiger partial charge in [-0.1, -0.05) is 18.2 Å². The fraction of sp³-hybridized carbons (Fsp3) is 0.212. The molecule has 0 bridgehead atoms. The maximum Gasteiger partial charge on any atom is 0.356 e. The fourth-order valence-corrected chi connectivity index (χ4v) is 5.52. The molecule has 1 aliphatic rings. The third kappa shape index (κ3) is 4.38. The molecule has 0 amide bonds. The Morgan fingerprint density at radius 1 is 0.950 bits per heavy atom. The second kappa shape index (κ2) is 10.2. The van der Waals surface area contributed by atoms with Crippen LogP contribution in [-0.2, 0) is 16.5 Å². The van der Waals surface area contributed by atoms with E-state index in [4.69, 9.17) is 14.5 Å². The van der Waals surface area contributed by atoms with E-state index < -0.39 is 5.97 Å². The van der Waals surface area contributed by atoms with Crippen LogP contribution in [0.1, 0.15) is 33.6 Å². The lowest BCUT2D eigenvalue weighted by atomic mass is 9.88. The van der Waals surface area contributed by atoms with Gasteiger partial charge < -0.3 is 14.0 Å². The maximum absolute atomic E-state index is 12.9. The maximum atomic E-state index is 12.9. The molecule has 0 N–H and O–H groups in total. The number of rotatable bonds is 4. The van der Waals surface area contributed by atoms with E-state index >= 15 is 0 Å². The molecule has 4 heterocycles. The van der Waals surface area contributed by atoms with Gasteiger partial charge in [0.1, 0.15) is 5.69 Å². The lowest BCUT2D eigenvalue weighted by molar-refractivity contribution is 0.0594. The van der Waals surface area contributed by atoms with Crippen molar-refractivity contribution >= 4 is 33.2 Å². The Balaban J connectivity index is 1.57. The van der Waals surface area contributed by atoms with Crippen molar-refractivity contribution < 1.29 is 14.3 Å². The molecule has 0 unspecified atom stereocenters. The van der Waals surface area contributed by atoms with Crippen LogP contribution in [0.5, 0.6) is 0 Å². The van der Waals surface area contributed by atoms with Gasteiger partial charge in [-0.05, 0) is 89.9 Å². The molecule has 0 saturated heterocycles. The molecule has 0 radical (unpaired) electrons. The largest absolute Gasteiger partial charge is 0.464 e. The minimum atomic E-state index is -0.475. The molecular weight excluding hydrogens is 502 g/mol. The van der Waals surface area contributed by atoms with E-state index in [1.54, 1.807) is 16.8 Å². The van der Waals surface area contributed by atoms with Crippen LogP contribution >= 0.6 is 0 Å². The van der Waals surface area contributed by atoms with Crippen LogP contribution in [-0.4, -0.2) is 40.8 Å². The first-order valence-corrected chi connectivity index (χ1v) is 13.2. The molecule has 40 heavy (non-hydrogen) atoms. The summed E-state index contributed by atoms with van der Waals surface area (Å²) in [7, 11) is 3.18. The van der Waals surface area contributed by atoms with Crippen molar-refractivity contribution in [3.8, 4) is 22.4 Å². The summed E-state index contributed by atoms with van der Waals surface area (Å²) in [4.78, 5) is 33.8. The number of carbonyl (C=O) groups is 1. The van der Waals surface area contributed by atoms with Crippen molar-refractivity contribution in [1.29, 1.82) is 0 Å². The predicted molar refractivity (Wildman–Crippen MR) is 157 cm³/mol. The lowest BCUT2D eigenvalue weighted by Crippen LogP contribution is -2.19. The molecule has 6 rings (SSSR count). The zero-order chi connectivity index (χ0) is 28.0. The van der Waals surface area contributed by atoms with Crippen molar-refractivity contribution in [2.45, 2.75) is 20.3 Å². The first-order chi connectivity index (χ1) is 19.4. The van der Waals surface area contributed by atoms with E-state index in [9.17, 15) is 9.59 Å². The van der Waals surface area contributed by atoms with Gasteiger partial charge in [0.25, 0.3) is 5.56 Å². The van der Waals surface area contributed by atoms with Gasteiger partial charge in [-0.2, -0.15) is 0 Å². The predicted octanol–water partition coefficient (Wildman–Crippen LogP) is 6.02. The zero-order valence-corrected chi connectivity index (χ0v) is 22.9. The number of ether oxygens (including phenoxy) is 2. The number of carbonyl (C=O) groups excluding carboxylic acids is 1. The Morgan fingerprint density at radius 3 is 2.52 bits per heavy atom. The number of hydrogen-bond acceptors (Lipinski definition) is 6. The Bertz CT molecular complexity index is 1900. The third-order valence-electron chi connectivity index (χ3n) is 7.69. The summed E-state index contributed by atoms with van der Waals surface area (Å²) in [5.41, 5.74) is 9.03. The molecule has 7 heteroatoms. The highest BCUT2D eigenvalue weighted by molar-refractivity contribution is 6.07. The van der Waals surface area contributed by atoms with Gasteiger partial charge in [-0.3, -0.25) is 9.78 Å². The van der Waals surface area contributed by atoms with Crippen LogP contribution in [0, 0.1) is 13.8 Å². The molecule has 0 spiro atoms. The Labute approximate surface area is 231 Å². The Hall–Kier alpha value is -4.62. The van der Waals surface area contributed by atoms with E-state index in [1.165, 1.54) is 12.7 Å². The molecule has 2 aromatic carbocycles. The molecule has 3 aromatic heterocycles. The SMILES string of the molecule is COC(=O)c1ccc(-c2cc3ccc(C)c(-c4cc(C5=CCOCC5)cc5c4cc(C)c(=O)n5C)c3cn2)cn1. The zero-order valence-electron chi connectivity index (χ0n) is 22.9. The third-order valence-corrected chi connectivity index (χ3v) is 7.69. The second-order valence-electron chi connectivity index (χ2n) is 10.2. The molecule has 0 aliphatic carbocycles. The normalized spacial score (nSPS) is 13.4. The van der Waals surface area contributed by atoms with E-state index in [2.05, 4.69) is 42.2 Å². The molecule has 5 aromatic rings. The van der Waals surface area contributed by atoms with Gasteiger partial charge in [0.15, 0.2) is 0 Å². The van der Waals surface area contributed by atoms with Gasteiger partial charge in [-0.25, -0.2) is 9.78 Å². The van der Waals surface area contributed by atoms with E-state index in [1.807, 2.05) is 38.4 Å². The lowest BCUT2D eigenvalue weighted by Gasteiger charge is -2.20.